The Labute approximate surface area is 177 Å². The number of nitrogens with zero attached hydrogens (tertiary/aromatic N) is 1. The summed E-state index contributed by atoms with van der Waals surface area (Å²) in [5, 5.41) is 11.7. The Bertz CT molecular complexity index is 1070. The summed E-state index contributed by atoms with van der Waals surface area (Å²) in [7, 11) is 0. The highest BCUT2D eigenvalue weighted by molar-refractivity contribution is 5.85. The van der Waals surface area contributed by atoms with E-state index >= 15 is 0 Å². The van der Waals surface area contributed by atoms with Crippen LogP contribution in [-0.4, -0.2) is 41.7 Å². The molecule has 0 aromatic heterocycles. The number of aliphatic carboxylic acids is 1. The molecule has 1 fully saturated rings. The van der Waals surface area contributed by atoms with Gasteiger partial charge >= 0.3 is 5.97 Å². The van der Waals surface area contributed by atoms with Gasteiger partial charge in [0.25, 0.3) is 0 Å². The molecule has 0 radical (unpaired) electrons. The van der Waals surface area contributed by atoms with E-state index in [1.165, 1.54) is 27.5 Å². The predicted octanol–water partition coefficient (Wildman–Crippen LogP) is 4.34. The minimum atomic E-state index is -0.667. The van der Waals surface area contributed by atoms with Gasteiger partial charge in [0.1, 0.15) is 5.75 Å². The molecule has 1 aliphatic carbocycles. The van der Waals surface area contributed by atoms with Crippen molar-refractivity contribution in [1.29, 1.82) is 0 Å². The Morgan fingerprint density at radius 3 is 2.70 bits per heavy atom. The molecule has 3 aromatic carbocycles. The van der Waals surface area contributed by atoms with Crippen LogP contribution in [0.1, 0.15) is 23.1 Å². The number of carbonyl (C=O) groups is 1. The second-order valence-corrected chi connectivity index (χ2v) is 8.52. The third kappa shape index (κ3) is 3.68. The van der Waals surface area contributed by atoms with Crippen LogP contribution in [0.15, 0.2) is 60.7 Å². The third-order valence-corrected chi connectivity index (χ3v) is 6.70. The fraction of sp³-hybridized carbons (Fsp3) is 0.346. The lowest BCUT2D eigenvalue weighted by Gasteiger charge is -2.44. The summed E-state index contributed by atoms with van der Waals surface area (Å²) in [4.78, 5) is 13.5. The lowest BCUT2D eigenvalue weighted by Crippen LogP contribution is -2.56. The predicted molar refractivity (Wildman–Crippen MR) is 118 cm³/mol. The van der Waals surface area contributed by atoms with Crippen LogP contribution in [0.4, 0.5) is 0 Å². The van der Waals surface area contributed by atoms with Crippen LogP contribution < -0.4 is 4.74 Å². The monoisotopic (exact) mass is 401 g/mol. The highest BCUT2D eigenvalue weighted by atomic mass is 16.5. The van der Waals surface area contributed by atoms with E-state index in [-0.39, 0.29) is 5.92 Å². The summed E-state index contributed by atoms with van der Waals surface area (Å²) in [6.45, 7) is 2.01. The first-order chi connectivity index (χ1) is 14.7. The lowest BCUT2D eigenvalue weighted by atomic mass is 9.84. The van der Waals surface area contributed by atoms with Crippen molar-refractivity contribution < 1.29 is 14.6 Å². The zero-order valence-corrected chi connectivity index (χ0v) is 17.1. The van der Waals surface area contributed by atoms with Gasteiger partial charge in [0.2, 0.25) is 0 Å². The zero-order chi connectivity index (χ0) is 20.5. The van der Waals surface area contributed by atoms with Crippen molar-refractivity contribution in [3.05, 3.63) is 77.4 Å². The fourth-order valence-electron chi connectivity index (χ4n) is 4.93. The number of ether oxygens (including phenoxy) is 1. The van der Waals surface area contributed by atoms with Crippen molar-refractivity contribution in [3.8, 4) is 5.75 Å². The Morgan fingerprint density at radius 2 is 1.83 bits per heavy atom. The van der Waals surface area contributed by atoms with E-state index in [1.54, 1.807) is 0 Å². The van der Waals surface area contributed by atoms with Gasteiger partial charge in [-0.1, -0.05) is 54.6 Å². The first kappa shape index (κ1) is 19.1. The number of hydrogen-bond donors (Lipinski definition) is 1. The SMILES string of the molecule is O=C(O)C1CN([C@@H]2CCc3cccc(OCCc4cccc5ccccc45)c3C2)C1. The summed E-state index contributed by atoms with van der Waals surface area (Å²) in [6, 6.07) is 21.8. The standard InChI is InChI=1S/C26H27NO3/c28-26(29)21-16-27(17-21)22-12-11-19-8-4-10-25(24(19)15-22)30-14-13-20-7-3-6-18-5-1-2-9-23(18)20/h1-10,21-22H,11-17H2,(H,28,29)/t22-/m1/s1. The molecule has 0 spiro atoms. The second-order valence-electron chi connectivity index (χ2n) is 8.52. The Hall–Kier alpha value is -2.85. The smallest absolute Gasteiger partial charge is 0.309 e. The molecular formula is C26H27NO3. The Kier molecular flexibility index (Phi) is 5.17. The summed E-state index contributed by atoms with van der Waals surface area (Å²) in [6.07, 6.45) is 3.96. The number of aryl methyl sites for hydroxylation is 1. The first-order valence-corrected chi connectivity index (χ1v) is 10.9. The van der Waals surface area contributed by atoms with E-state index in [2.05, 4.69) is 65.6 Å². The van der Waals surface area contributed by atoms with E-state index in [4.69, 9.17) is 9.84 Å². The molecule has 5 rings (SSSR count). The maximum absolute atomic E-state index is 11.1. The van der Waals surface area contributed by atoms with Gasteiger partial charge in [0.05, 0.1) is 12.5 Å². The molecule has 4 heteroatoms. The van der Waals surface area contributed by atoms with Crippen LogP contribution in [0.2, 0.25) is 0 Å². The average Bonchev–Trinajstić information content (AvgIpc) is 2.73. The highest BCUT2D eigenvalue weighted by Gasteiger charge is 2.38. The van der Waals surface area contributed by atoms with Crippen molar-refractivity contribution in [2.24, 2.45) is 5.92 Å². The highest BCUT2D eigenvalue weighted by Crippen LogP contribution is 2.34. The van der Waals surface area contributed by atoms with Crippen LogP contribution in [0.3, 0.4) is 0 Å². The van der Waals surface area contributed by atoms with Gasteiger partial charge in [-0.2, -0.15) is 0 Å². The molecular weight excluding hydrogens is 374 g/mol. The topological polar surface area (TPSA) is 49.8 Å². The van der Waals surface area contributed by atoms with E-state index in [1.807, 2.05) is 0 Å². The van der Waals surface area contributed by atoms with Crippen LogP contribution in [0.25, 0.3) is 10.8 Å². The molecule has 0 amide bonds. The fourth-order valence-corrected chi connectivity index (χ4v) is 4.93. The number of hydrogen-bond acceptors (Lipinski definition) is 3. The van der Waals surface area contributed by atoms with Gasteiger partial charge in [-0.05, 0) is 52.8 Å². The van der Waals surface area contributed by atoms with Gasteiger partial charge in [0, 0.05) is 25.6 Å². The van der Waals surface area contributed by atoms with E-state index < -0.39 is 5.97 Å². The zero-order valence-electron chi connectivity index (χ0n) is 17.1. The minimum Gasteiger partial charge on any atom is -0.493 e. The largest absolute Gasteiger partial charge is 0.493 e. The van der Waals surface area contributed by atoms with Crippen LogP contribution in [-0.2, 0) is 24.1 Å². The quantitative estimate of drug-likeness (QED) is 0.668. The van der Waals surface area contributed by atoms with Gasteiger partial charge in [0.15, 0.2) is 0 Å². The Balaban J connectivity index is 1.26. The first-order valence-electron chi connectivity index (χ1n) is 10.9. The molecule has 1 atom stereocenters. The van der Waals surface area contributed by atoms with Crippen molar-refractivity contribution in [2.75, 3.05) is 19.7 Å². The van der Waals surface area contributed by atoms with E-state index in [9.17, 15) is 4.79 Å². The van der Waals surface area contributed by atoms with Gasteiger partial charge in [-0.25, -0.2) is 0 Å². The molecule has 0 saturated carbocycles. The molecule has 0 bridgehead atoms. The number of likely N-dealkylation sites (tertiary alicyclic amines) is 1. The second kappa shape index (κ2) is 8.11. The number of rotatable bonds is 6. The van der Waals surface area contributed by atoms with Gasteiger partial charge < -0.3 is 9.84 Å². The molecule has 1 saturated heterocycles. The molecule has 1 N–H and O–H groups in total. The lowest BCUT2D eigenvalue weighted by molar-refractivity contribution is -0.148. The summed E-state index contributed by atoms with van der Waals surface area (Å²) >= 11 is 0. The minimum absolute atomic E-state index is 0.196. The van der Waals surface area contributed by atoms with Gasteiger partial charge in [-0.15, -0.1) is 0 Å². The number of benzene rings is 3. The van der Waals surface area contributed by atoms with Crippen molar-refractivity contribution in [1.82, 2.24) is 4.90 Å². The summed E-state index contributed by atoms with van der Waals surface area (Å²) < 4.78 is 6.28. The average molecular weight is 402 g/mol. The van der Waals surface area contributed by atoms with Crippen molar-refractivity contribution in [2.45, 2.75) is 31.7 Å². The number of carboxylic acid groups (broad SMARTS) is 1. The van der Waals surface area contributed by atoms with Crippen molar-refractivity contribution >= 4 is 16.7 Å². The van der Waals surface area contributed by atoms with Crippen molar-refractivity contribution in [3.63, 3.8) is 0 Å². The Morgan fingerprint density at radius 1 is 1.03 bits per heavy atom. The maximum atomic E-state index is 11.1. The number of carboxylic acids is 1. The van der Waals surface area contributed by atoms with Gasteiger partial charge in [-0.3, -0.25) is 9.69 Å². The number of fused-ring (bicyclic) bond motifs is 2. The van der Waals surface area contributed by atoms with Crippen LogP contribution in [0, 0.1) is 5.92 Å². The summed E-state index contributed by atoms with van der Waals surface area (Å²) in [5.41, 5.74) is 4.01. The molecule has 1 aliphatic heterocycles. The molecule has 4 nitrogen and oxygen atoms in total. The third-order valence-electron chi connectivity index (χ3n) is 6.70. The molecule has 1 heterocycles. The van der Waals surface area contributed by atoms with E-state index in [0.29, 0.717) is 25.7 Å². The normalized spacial score (nSPS) is 19.3. The molecule has 154 valence electrons. The molecule has 3 aromatic rings. The van der Waals surface area contributed by atoms with E-state index in [0.717, 1.165) is 31.4 Å². The van der Waals surface area contributed by atoms with Crippen LogP contribution in [0.5, 0.6) is 5.75 Å². The summed E-state index contributed by atoms with van der Waals surface area (Å²) in [5.74, 6) is 0.131. The molecule has 2 aliphatic rings. The maximum Gasteiger partial charge on any atom is 0.309 e. The van der Waals surface area contributed by atoms with Crippen LogP contribution >= 0.6 is 0 Å². The molecule has 0 unspecified atom stereocenters. The molecule has 30 heavy (non-hydrogen) atoms.